The summed E-state index contributed by atoms with van der Waals surface area (Å²) in [6.45, 7) is 7.54. The molecule has 18 heavy (non-hydrogen) atoms. The highest BCUT2D eigenvalue weighted by molar-refractivity contribution is 5.74. The quantitative estimate of drug-likeness (QED) is 0.789. The van der Waals surface area contributed by atoms with Crippen LogP contribution in [0.25, 0.3) is 0 Å². The van der Waals surface area contributed by atoms with E-state index in [0.717, 1.165) is 13.0 Å². The lowest BCUT2D eigenvalue weighted by molar-refractivity contribution is -0.137. The largest absolute Gasteiger partial charge is 0.481 e. The Kier molecular flexibility index (Phi) is 5.44. The van der Waals surface area contributed by atoms with Gasteiger partial charge in [-0.3, -0.25) is 4.79 Å². The highest BCUT2D eigenvalue weighted by atomic mass is 16.4. The van der Waals surface area contributed by atoms with Gasteiger partial charge in [0.2, 0.25) is 0 Å². The normalized spacial score (nSPS) is 24.9. The van der Waals surface area contributed by atoms with Crippen LogP contribution in [0.3, 0.4) is 0 Å². The van der Waals surface area contributed by atoms with Gasteiger partial charge >= 0.3 is 12.0 Å². The highest BCUT2D eigenvalue weighted by Gasteiger charge is 2.29. The van der Waals surface area contributed by atoms with E-state index in [0.29, 0.717) is 24.9 Å². The number of nitrogens with zero attached hydrogens (tertiary/aromatic N) is 1. The molecule has 0 bridgehead atoms. The summed E-state index contributed by atoms with van der Waals surface area (Å²) in [5.41, 5.74) is 0. The molecule has 3 atom stereocenters. The molecule has 1 heterocycles. The summed E-state index contributed by atoms with van der Waals surface area (Å²) in [6.07, 6.45) is 1.82. The second-order valence-corrected chi connectivity index (χ2v) is 5.57. The van der Waals surface area contributed by atoms with Crippen molar-refractivity contribution in [2.75, 3.05) is 13.1 Å². The minimum atomic E-state index is -0.782. The van der Waals surface area contributed by atoms with Crippen LogP contribution in [0.1, 0.15) is 40.0 Å². The Morgan fingerprint density at radius 3 is 2.61 bits per heavy atom. The molecule has 1 aliphatic rings. The Bertz CT molecular complexity index is 307. The van der Waals surface area contributed by atoms with Crippen molar-refractivity contribution < 1.29 is 14.7 Å². The third-order valence-corrected chi connectivity index (χ3v) is 3.50. The van der Waals surface area contributed by atoms with Crippen LogP contribution in [0.5, 0.6) is 0 Å². The summed E-state index contributed by atoms with van der Waals surface area (Å²) < 4.78 is 0. The SMILES string of the molecule is CC(CCC(=O)O)CNC(=O)N1CC(C)CC1C. The fourth-order valence-electron chi connectivity index (χ4n) is 2.42. The topological polar surface area (TPSA) is 69.6 Å². The monoisotopic (exact) mass is 256 g/mol. The van der Waals surface area contributed by atoms with Crippen LogP contribution in [0, 0.1) is 11.8 Å². The summed E-state index contributed by atoms with van der Waals surface area (Å²) in [5, 5.41) is 11.5. The first-order valence-corrected chi connectivity index (χ1v) is 6.66. The van der Waals surface area contributed by atoms with E-state index in [9.17, 15) is 9.59 Å². The zero-order valence-electron chi connectivity index (χ0n) is 11.5. The predicted octanol–water partition coefficient (Wildman–Crippen LogP) is 1.93. The molecule has 5 heteroatoms. The Balaban J connectivity index is 2.26. The summed E-state index contributed by atoms with van der Waals surface area (Å²) in [7, 11) is 0. The van der Waals surface area contributed by atoms with Gasteiger partial charge in [0, 0.05) is 25.6 Å². The molecule has 1 aliphatic heterocycles. The Morgan fingerprint density at radius 1 is 1.44 bits per heavy atom. The smallest absolute Gasteiger partial charge is 0.317 e. The van der Waals surface area contributed by atoms with Gasteiger partial charge in [0.1, 0.15) is 0 Å². The number of nitrogens with one attached hydrogen (secondary N) is 1. The van der Waals surface area contributed by atoms with Crippen LogP contribution in [-0.2, 0) is 4.79 Å². The van der Waals surface area contributed by atoms with Gasteiger partial charge in [-0.15, -0.1) is 0 Å². The van der Waals surface area contributed by atoms with E-state index in [-0.39, 0.29) is 18.4 Å². The number of amides is 2. The van der Waals surface area contributed by atoms with Crippen molar-refractivity contribution >= 4 is 12.0 Å². The molecule has 0 radical (unpaired) electrons. The fourth-order valence-corrected chi connectivity index (χ4v) is 2.42. The van der Waals surface area contributed by atoms with Gasteiger partial charge < -0.3 is 15.3 Å². The molecular formula is C13H24N2O3. The van der Waals surface area contributed by atoms with Crippen molar-refractivity contribution in [3.8, 4) is 0 Å². The molecule has 2 amide bonds. The van der Waals surface area contributed by atoms with Gasteiger partial charge in [-0.05, 0) is 31.6 Å². The average Bonchev–Trinajstić information content (AvgIpc) is 2.62. The first-order valence-electron chi connectivity index (χ1n) is 6.66. The number of carboxylic acid groups (broad SMARTS) is 1. The van der Waals surface area contributed by atoms with Gasteiger partial charge in [0.25, 0.3) is 0 Å². The number of carboxylic acids is 1. The van der Waals surface area contributed by atoms with Crippen LogP contribution < -0.4 is 5.32 Å². The van der Waals surface area contributed by atoms with Gasteiger partial charge in [0.15, 0.2) is 0 Å². The predicted molar refractivity (Wildman–Crippen MR) is 69.4 cm³/mol. The molecule has 1 fully saturated rings. The van der Waals surface area contributed by atoms with Crippen molar-refractivity contribution in [2.45, 2.75) is 46.1 Å². The molecule has 0 aromatic carbocycles. The fraction of sp³-hybridized carbons (Fsp3) is 0.846. The summed E-state index contributed by atoms with van der Waals surface area (Å²) >= 11 is 0. The molecular weight excluding hydrogens is 232 g/mol. The molecule has 0 aliphatic carbocycles. The third-order valence-electron chi connectivity index (χ3n) is 3.50. The van der Waals surface area contributed by atoms with E-state index in [2.05, 4.69) is 19.2 Å². The lowest BCUT2D eigenvalue weighted by atomic mass is 10.1. The third kappa shape index (κ3) is 4.55. The molecule has 0 spiro atoms. The van der Waals surface area contributed by atoms with E-state index in [1.54, 1.807) is 0 Å². The average molecular weight is 256 g/mol. The number of urea groups is 1. The molecule has 3 unspecified atom stereocenters. The number of aliphatic carboxylic acids is 1. The molecule has 0 aromatic rings. The van der Waals surface area contributed by atoms with Gasteiger partial charge in [-0.2, -0.15) is 0 Å². The van der Waals surface area contributed by atoms with Crippen molar-refractivity contribution in [1.29, 1.82) is 0 Å². The van der Waals surface area contributed by atoms with Crippen molar-refractivity contribution in [1.82, 2.24) is 10.2 Å². The van der Waals surface area contributed by atoms with Crippen LogP contribution in [0.15, 0.2) is 0 Å². The number of hydrogen-bond donors (Lipinski definition) is 2. The maximum Gasteiger partial charge on any atom is 0.317 e. The Hall–Kier alpha value is -1.26. The first-order chi connectivity index (χ1) is 8.40. The lowest BCUT2D eigenvalue weighted by Gasteiger charge is -2.23. The van der Waals surface area contributed by atoms with Gasteiger partial charge in [0.05, 0.1) is 0 Å². The Labute approximate surface area is 109 Å². The van der Waals surface area contributed by atoms with Gasteiger partial charge in [-0.1, -0.05) is 13.8 Å². The molecule has 1 saturated heterocycles. The van der Waals surface area contributed by atoms with Gasteiger partial charge in [-0.25, -0.2) is 4.79 Å². The van der Waals surface area contributed by atoms with Crippen LogP contribution in [0.2, 0.25) is 0 Å². The molecule has 104 valence electrons. The number of carbonyl (C=O) groups excluding carboxylic acids is 1. The number of likely N-dealkylation sites (tertiary alicyclic amines) is 1. The second kappa shape index (κ2) is 6.61. The molecule has 0 saturated carbocycles. The summed E-state index contributed by atoms with van der Waals surface area (Å²) in [4.78, 5) is 24.2. The van der Waals surface area contributed by atoms with Crippen molar-refractivity contribution in [3.05, 3.63) is 0 Å². The van der Waals surface area contributed by atoms with Crippen molar-refractivity contribution in [2.24, 2.45) is 11.8 Å². The van der Waals surface area contributed by atoms with E-state index in [1.807, 2.05) is 11.8 Å². The minimum Gasteiger partial charge on any atom is -0.481 e. The first kappa shape index (κ1) is 14.8. The molecule has 0 aromatic heterocycles. The van der Waals surface area contributed by atoms with E-state index < -0.39 is 5.97 Å². The number of hydrogen-bond acceptors (Lipinski definition) is 2. The van der Waals surface area contributed by atoms with Crippen LogP contribution >= 0.6 is 0 Å². The number of rotatable bonds is 5. The summed E-state index contributed by atoms with van der Waals surface area (Å²) in [5.74, 6) is -0.0225. The highest BCUT2D eigenvalue weighted by Crippen LogP contribution is 2.22. The summed E-state index contributed by atoms with van der Waals surface area (Å²) in [6, 6.07) is 0.281. The molecule has 1 rings (SSSR count). The standard InChI is InChI=1S/C13H24N2O3/c1-9(4-5-12(16)17)7-14-13(18)15-8-10(2)6-11(15)3/h9-11H,4-8H2,1-3H3,(H,14,18)(H,16,17). The zero-order chi connectivity index (χ0) is 13.7. The second-order valence-electron chi connectivity index (χ2n) is 5.57. The minimum absolute atomic E-state index is 0.0194. The molecule has 5 nitrogen and oxygen atoms in total. The van der Waals surface area contributed by atoms with Crippen molar-refractivity contribution in [3.63, 3.8) is 0 Å². The maximum atomic E-state index is 11.9. The maximum absolute atomic E-state index is 11.9. The van der Waals surface area contributed by atoms with E-state index in [4.69, 9.17) is 5.11 Å². The van der Waals surface area contributed by atoms with E-state index in [1.165, 1.54) is 0 Å². The lowest BCUT2D eigenvalue weighted by Crippen LogP contribution is -2.43. The van der Waals surface area contributed by atoms with E-state index >= 15 is 0 Å². The Morgan fingerprint density at radius 2 is 2.11 bits per heavy atom. The number of carbonyl (C=O) groups is 2. The van der Waals surface area contributed by atoms with Crippen LogP contribution in [-0.4, -0.2) is 41.1 Å². The van der Waals surface area contributed by atoms with Crippen LogP contribution in [0.4, 0.5) is 4.79 Å². The zero-order valence-corrected chi connectivity index (χ0v) is 11.5. The molecule has 2 N–H and O–H groups in total.